The summed E-state index contributed by atoms with van der Waals surface area (Å²) in [5.41, 5.74) is 3.62. The van der Waals surface area contributed by atoms with Crippen molar-refractivity contribution < 1.29 is 17.9 Å². The van der Waals surface area contributed by atoms with Crippen molar-refractivity contribution >= 4 is 27.3 Å². The Kier molecular flexibility index (Phi) is 8.40. The number of carbonyl (C=O) groups excluding carboxylic acids is 1. The fourth-order valence-electron chi connectivity index (χ4n) is 4.20. The van der Waals surface area contributed by atoms with Crippen LogP contribution in [0.15, 0.2) is 83.8 Å². The number of hydrogen-bond acceptors (Lipinski definition) is 5. The summed E-state index contributed by atoms with van der Waals surface area (Å²) in [6, 6.07) is 23.1. The lowest BCUT2D eigenvalue weighted by Gasteiger charge is -2.29. The topological polar surface area (TPSA) is 87.7 Å². The van der Waals surface area contributed by atoms with Crippen molar-refractivity contribution in [3.05, 3.63) is 78.9 Å². The molecule has 0 radical (unpaired) electrons. The standard InChI is InChI=1S/C28H33N3O4S/c1-21(2)20-27(28(32)29-24-10-12-25(13-11-24)31-16-18-35-19-17-31)30-36(33,34)26-14-8-23(9-15-26)22-6-4-3-5-7-22/h3-15,21,27,30H,16-20H2,1-2H3,(H,29,32)/t27-/m0/s1. The molecule has 7 nitrogen and oxygen atoms in total. The predicted molar refractivity (Wildman–Crippen MR) is 144 cm³/mol. The predicted octanol–water partition coefficient (Wildman–Crippen LogP) is 4.52. The van der Waals surface area contributed by atoms with Crippen LogP contribution in [0.3, 0.4) is 0 Å². The number of nitrogens with one attached hydrogen (secondary N) is 2. The molecule has 0 saturated carbocycles. The molecule has 1 aliphatic heterocycles. The maximum atomic E-state index is 13.1. The molecule has 1 heterocycles. The summed E-state index contributed by atoms with van der Waals surface area (Å²) in [5.74, 6) is -0.264. The van der Waals surface area contributed by atoms with E-state index in [-0.39, 0.29) is 16.7 Å². The van der Waals surface area contributed by atoms with Crippen LogP contribution in [0.4, 0.5) is 11.4 Å². The lowest BCUT2D eigenvalue weighted by molar-refractivity contribution is -0.118. The highest BCUT2D eigenvalue weighted by atomic mass is 32.2. The van der Waals surface area contributed by atoms with Crippen LogP contribution in [-0.4, -0.2) is 46.7 Å². The Labute approximate surface area is 213 Å². The monoisotopic (exact) mass is 507 g/mol. The van der Waals surface area contributed by atoms with Gasteiger partial charge in [-0.2, -0.15) is 4.72 Å². The van der Waals surface area contributed by atoms with E-state index in [0.717, 1.165) is 29.9 Å². The van der Waals surface area contributed by atoms with Crippen LogP contribution in [0.1, 0.15) is 20.3 Å². The number of nitrogens with zero attached hydrogens (tertiary/aromatic N) is 1. The van der Waals surface area contributed by atoms with Crippen molar-refractivity contribution in [2.75, 3.05) is 36.5 Å². The Morgan fingerprint density at radius 2 is 1.50 bits per heavy atom. The highest BCUT2D eigenvalue weighted by molar-refractivity contribution is 7.89. The lowest BCUT2D eigenvalue weighted by atomic mass is 10.0. The van der Waals surface area contributed by atoms with Gasteiger partial charge in [-0.1, -0.05) is 56.3 Å². The number of anilines is 2. The third-order valence-corrected chi connectivity index (χ3v) is 7.59. The van der Waals surface area contributed by atoms with Crippen LogP contribution in [-0.2, 0) is 19.6 Å². The largest absolute Gasteiger partial charge is 0.378 e. The highest BCUT2D eigenvalue weighted by Crippen LogP contribution is 2.22. The molecule has 0 spiro atoms. The minimum atomic E-state index is -3.89. The molecular weight excluding hydrogens is 474 g/mol. The molecule has 2 N–H and O–H groups in total. The van der Waals surface area contributed by atoms with Crippen LogP contribution in [0.25, 0.3) is 11.1 Å². The van der Waals surface area contributed by atoms with Crippen molar-refractivity contribution in [3.63, 3.8) is 0 Å². The summed E-state index contributed by atoms with van der Waals surface area (Å²) < 4.78 is 34.3. The van der Waals surface area contributed by atoms with Gasteiger partial charge in [0, 0.05) is 24.5 Å². The van der Waals surface area contributed by atoms with Crippen LogP contribution < -0.4 is 14.9 Å². The third kappa shape index (κ3) is 6.72. The van der Waals surface area contributed by atoms with Gasteiger partial charge in [-0.25, -0.2) is 8.42 Å². The van der Waals surface area contributed by atoms with E-state index in [1.165, 1.54) is 0 Å². The molecule has 1 saturated heterocycles. The maximum absolute atomic E-state index is 13.1. The molecular formula is C28H33N3O4S. The molecule has 36 heavy (non-hydrogen) atoms. The summed E-state index contributed by atoms with van der Waals surface area (Å²) in [4.78, 5) is 15.5. The van der Waals surface area contributed by atoms with E-state index in [9.17, 15) is 13.2 Å². The van der Waals surface area contributed by atoms with Gasteiger partial charge in [0.1, 0.15) is 6.04 Å². The minimum Gasteiger partial charge on any atom is -0.378 e. The van der Waals surface area contributed by atoms with Gasteiger partial charge in [0.2, 0.25) is 15.9 Å². The molecule has 0 bridgehead atoms. The van der Waals surface area contributed by atoms with E-state index in [1.807, 2.05) is 68.4 Å². The molecule has 190 valence electrons. The van der Waals surface area contributed by atoms with E-state index >= 15 is 0 Å². The first-order valence-corrected chi connectivity index (χ1v) is 13.7. The zero-order chi connectivity index (χ0) is 25.5. The lowest BCUT2D eigenvalue weighted by Crippen LogP contribution is -2.44. The fourth-order valence-corrected chi connectivity index (χ4v) is 5.41. The second-order valence-corrected chi connectivity index (χ2v) is 11.0. The molecule has 3 aromatic rings. The molecule has 0 aliphatic carbocycles. The van der Waals surface area contributed by atoms with Crippen LogP contribution >= 0.6 is 0 Å². The van der Waals surface area contributed by atoms with Gasteiger partial charge in [0.15, 0.2) is 0 Å². The number of carbonyl (C=O) groups is 1. The summed E-state index contributed by atoms with van der Waals surface area (Å²) in [7, 11) is -3.89. The Morgan fingerprint density at radius 1 is 0.889 bits per heavy atom. The summed E-state index contributed by atoms with van der Waals surface area (Å²) in [6.45, 7) is 6.97. The van der Waals surface area contributed by atoms with Gasteiger partial charge in [-0.05, 0) is 59.9 Å². The van der Waals surface area contributed by atoms with E-state index in [1.54, 1.807) is 24.3 Å². The van der Waals surface area contributed by atoms with E-state index in [4.69, 9.17) is 4.74 Å². The van der Waals surface area contributed by atoms with Gasteiger partial charge >= 0.3 is 0 Å². The first kappa shape index (κ1) is 25.9. The second kappa shape index (κ2) is 11.7. The molecule has 8 heteroatoms. The smallest absolute Gasteiger partial charge is 0.242 e. The van der Waals surface area contributed by atoms with Gasteiger partial charge in [-0.15, -0.1) is 0 Å². The number of morpholine rings is 1. The van der Waals surface area contributed by atoms with Crippen LogP contribution in [0.5, 0.6) is 0 Å². The number of sulfonamides is 1. The zero-order valence-corrected chi connectivity index (χ0v) is 21.5. The number of ether oxygens (including phenoxy) is 1. The quantitative estimate of drug-likeness (QED) is 0.445. The van der Waals surface area contributed by atoms with Gasteiger partial charge in [-0.3, -0.25) is 4.79 Å². The summed E-state index contributed by atoms with van der Waals surface area (Å²) >= 11 is 0. The normalized spacial score (nSPS) is 15.0. The first-order valence-electron chi connectivity index (χ1n) is 12.2. The van der Waals surface area contributed by atoms with Crippen molar-refractivity contribution in [1.29, 1.82) is 0 Å². The Hall–Kier alpha value is -3.20. The Morgan fingerprint density at radius 3 is 2.11 bits per heavy atom. The first-order chi connectivity index (χ1) is 17.3. The van der Waals surface area contributed by atoms with Crippen molar-refractivity contribution in [3.8, 4) is 11.1 Å². The van der Waals surface area contributed by atoms with Gasteiger partial charge < -0.3 is 15.0 Å². The number of rotatable bonds is 9. The molecule has 1 fully saturated rings. The Balaban J connectivity index is 1.45. The van der Waals surface area contributed by atoms with Crippen molar-refractivity contribution in [1.82, 2.24) is 4.72 Å². The van der Waals surface area contributed by atoms with E-state index in [2.05, 4.69) is 14.9 Å². The SMILES string of the molecule is CC(C)C[C@H](NS(=O)(=O)c1ccc(-c2ccccc2)cc1)C(=O)Nc1ccc(N2CCOCC2)cc1. The molecule has 0 unspecified atom stereocenters. The Bertz CT molecular complexity index is 1240. The zero-order valence-electron chi connectivity index (χ0n) is 20.7. The average Bonchev–Trinajstić information content (AvgIpc) is 2.89. The number of benzene rings is 3. The third-order valence-electron chi connectivity index (χ3n) is 6.10. The van der Waals surface area contributed by atoms with E-state index < -0.39 is 16.1 Å². The fraction of sp³-hybridized carbons (Fsp3) is 0.321. The second-order valence-electron chi connectivity index (χ2n) is 9.33. The summed E-state index contributed by atoms with van der Waals surface area (Å²) in [6.07, 6.45) is 0.374. The molecule has 0 aromatic heterocycles. The highest BCUT2D eigenvalue weighted by Gasteiger charge is 2.27. The van der Waals surface area contributed by atoms with Crippen molar-refractivity contribution in [2.24, 2.45) is 5.92 Å². The molecule has 1 amide bonds. The minimum absolute atomic E-state index is 0.118. The maximum Gasteiger partial charge on any atom is 0.242 e. The molecule has 4 rings (SSSR count). The summed E-state index contributed by atoms with van der Waals surface area (Å²) in [5, 5.41) is 2.87. The average molecular weight is 508 g/mol. The van der Waals surface area contributed by atoms with Gasteiger partial charge in [0.05, 0.1) is 18.1 Å². The number of hydrogen-bond donors (Lipinski definition) is 2. The molecule has 1 atom stereocenters. The van der Waals surface area contributed by atoms with Crippen LogP contribution in [0.2, 0.25) is 0 Å². The van der Waals surface area contributed by atoms with E-state index in [0.29, 0.717) is 25.3 Å². The van der Waals surface area contributed by atoms with Gasteiger partial charge in [0.25, 0.3) is 0 Å². The molecule has 1 aliphatic rings. The van der Waals surface area contributed by atoms with Crippen LogP contribution in [0, 0.1) is 5.92 Å². The number of amides is 1. The molecule has 3 aromatic carbocycles. The van der Waals surface area contributed by atoms with Crippen molar-refractivity contribution in [2.45, 2.75) is 31.2 Å².